The van der Waals surface area contributed by atoms with Crippen LogP contribution in [0.2, 0.25) is 0 Å². The molecule has 0 radical (unpaired) electrons. The van der Waals surface area contributed by atoms with Gasteiger partial charge in [0.05, 0.1) is 18.4 Å². The number of aliphatic hydroxyl groups is 1. The standard InChI is InChI=1S/C21H30N4O6/c1-13(2)11-16(18(27)23-25-20(29)17(12-26)22-21(25)30)15(19(28)24-31)10-6-9-14-7-4-3-5-8-14/h3-5,7-8,13,15-17,26,31H,6,9-12H2,1-2H3,(H,22,30)(H,23,27)(H,24,28)/t15-,16+,17?/m0/s1. The minimum Gasteiger partial charge on any atom is -0.394 e. The van der Waals surface area contributed by atoms with Crippen LogP contribution in [0.15, 0.2) is 30.3 Å². The van der Waals surface area contributed by atoms with E-state index in [1.165, 1.54) is 0 Å². The number of hydrazine groups is 1. The molecule has 1 saturated heterocycles. The number of hydrogen-bond acceptors (Lipinski definition) is 6. The van der Waals surface area contributed by atoms with Crippen molar-refractivity contribution in [3.8, 4) is 0 Å². The van der Waals surface area contributed by atoms with E-state index in [0.29, 0.717) is 30.7 Å². The monoisotopic (exact) mass is 434 g/mol. The Kier molecular flexibility index (Phi) is 8.95. The third-order valence-electron chi connectivity index (χ3n) is 5.24. The van der Waals surface area contributed by atoms with E-state index < -0.39 is 48.2 Å². The van der Waals surface area contributed by atoms with Crippen molar-refractivity contribution in [2.75, 3.05) is 6.61 Å². The average molecular weight is 434 g/mol. The number of imide groups is 1. The summed E-state index contributed by atoms with van der Waals surface area (Å²) in [6.07, 6.45) is 1.92. The number of aryl methyl sites for hydroxylation is 1. The first-order valence-corrected chi connectivity index (χ1v) is 10.3. The first-order valence-electron chi connectivity index (χ1n) is 10.3. The first-order chi connectivity index (χ1) is 14.8. The number of amides is 5. The SMILES string of the molecule is CC(C)C[C@@H](C(=O)NN1C(=O)NC(CO)C1=O)[C@H](CCCc1ccccc1)C(=O)NO. The first kappa shape index (κ1) is 24.3. The summed E-state index contributed by atoms with van der Waals surface area (Å²) in [5, 5.41) is 21.2. The summed E-state index contributed by atoms with van der Waals surface area (Å²) in [4.78, 5) is 49.6. The van der Waals surface area contributed by atoms with E-state index >= 15 is 0 Å². The number of nitrogens with zero attached hydrogens (tertiary/aromatic N) is 1. The Labute approximate surface area is 180 Å². The number of carbonyl (C=O) groups is 4. The largest absolute Gasteiger partial charge is 0.394 e. The highest BCUT2D eigenvalue weighted by Gasteiger charge is 2.41. The van der Waals surface area contributed by atoms with Gasteiger partial charge < -0.3 is 10.4 Å². The van der Waals surface area contributed by atoms with Crippen LogP contribution in [0.1, 0.15) is 38.7 Å². The maximum atomic E-state index is 13.0. The van der Waals surface area contributed by atoms with Crippen LogP contribution in [0.5, 0.6) is 0 Å². The van der Waals surface area contributed by atoms with Crippen LogP contribution in [0, 0.1) is 17.8 Å². The lowest BCUT2D eigenvalue weighted by Gasteiger charge is -2.27. The molecule has 1 aliphatic rings. The number of aliphatic hydroxyl groups excluding tert-OH is 1. The molecule has 0 spiro atoms. The van der Waals surface area contributed by atoms with Crippen LogP contribution in [0.25, 0.3) is 0 Å². The third-order valence-corrected chi connectivity index (χ3v) is 5.24. The smallest absolute Gasteiger partial charge is 0.344 e. The van der Waals surface area contributed by atoms with Gasteiger partial charge in [-0.2, -0.15) is 5.01 Å². The topological polar surface area (TPSA) is 148 Å². The highest BCUT2D eigenvalue weighted by Crippen LogP contribution is 2.27. The molecule has 10 heteroatoms. The van der Waals surface area contributed by atoms with Gasteiger partial charge in [-0.25, -0.2) is 10.3 Å². The highest BCUT2D eigenvalue weighted by molar-refractivity contribution is 6.05. The number of hydrogen-bond donors (Lipinski definition) is 5. The van der Waals surface area contributed by atoms with Gasteiger partial charge in [-0.15, -0.1) is 0 Å². The zero-order chi connectivity index (χ0) is 23.0. The molecule has 1 aromatic carbocycles. The second-order valence-corrected chi connectivity index (χ2v) is 8.03. The van der Waals surface area contributed by atoms with E-state index in [9.17, 15) is 24.4 Å². The molecule has 1 fully saturated rings. The Morgan fingerprint density at radius 2 is 1.81 bits per heavy atom. The molecule has 0 bridgehead atoms. The van der Waals surface area contributed by atoms with Gasteiger partial charge in [-0.1, -0.05) is 44.2 Å². The summed E-state index contributed by atoms with van der Waals surface area (Å²) < 4.78 is 0. The quantitative estimate of drug-likeness (QED) is 0.197. The fourth-order valence-corrected chi connectivity index (χ4v) is 3.68. The highest BCUT2D eigenvalue weighted by atomic mass is 16.5. The molecule has 1 aliphatic heterocycles. The molecule has 1 heterocycles. The van der Waals surface area contributed by atoms with Gasteiger partial charge in [-0.3, -0.25) is 25.0 Å². The third kappa shape index (κ3) is 6.50. The molecular formula is C21H30N4O6. The van der Waals surface area contributed by atoms with Crippen molar-refractivity contribution in [3.63, 3.8) is 0 Å². The number of urea groups is 1. The van der Waals surface area contributed by atoms with Crippen molar-refractivity contribution in [1.29, 1.82) is 0 Å². The fraction of sp³-hybridized carbons (Fsp3) is 0.524. The zero-order valence-electron chi connectivity index (χ0n) is 17.7. The Balaban J connectivity index is 2.14. The van der Waals surface area contributed by atoms with Crippen molar-refractivity contribution in [3.05, 3.63) is 35.9 Å². The van der Waals surface area contributed by atoms with Crippen LogP contribution < -0.4 is 16.2 Å². The van der Waals surface area contributed by atoms with Gasteiger partial charge in [0.1, 0.15) is 6.04 Å². The minimum atomic E-state index is -1.13. The predicted octanol–water partition coefficient (Wildman–Crippen LogP) is 0.737. The van der Waals surface area contributed by atoms with Gasteiger partial charge in [-0.05, 0) is 37.2 Å². The van der Waals surface area contributed by atoms with E-state index in [-0.39, 0.29) is 5.92 Å². The van der Waals surface area contributed by atoms with Gasteiger partial charge >= 0.3 is 6.03 Å². The Bertz CT molecular complexity index is 785. The molecular weight excluding hydrogens is 404 g/mol. The number of hydroxylamine groups is 1. The van der Waals surface area contributed by atoms with Crippen molar-refractivity contribution in [1.82, 2.24) is 21.2 Å². The normalized spacial score (nSPS) is 18.0. The molecule has 0 aliphatic carbocycles. The lowest BCUT2D eigenvalue weighted by atomic mass is 9.81. The molecule has 170 valence electrons. The average Bonchev–Trinajstić information content (AvgIpc) is 3.03. The Morgan fingerprint density at radius 3 is 2.35 bits per heavy atom. The number of carbonyl (C=O) groups excluding carboxylic acids is 4. The molecule has 5 N–H and O–H groups in total. The van der Waals surface area contributed by atoms with Crippen molar-refractivity contribution >= 4 is 23.8 Å². The molecule has 1 aromatic rings. The van der Waals surface area contributed by atoms with Crippen LogP contribution in [0.4, 0.5) is 4.79 Å². The summed E-state index contributed by atoms with van der Waals surface area (Å²) in [6, 6.07) is 7.70. The van der Waals surface area contributed by atoms with E-state index in [1.807, 2.05) is 44.2 Å². The maximum Gasteiger partial charge on any atom is 0.344 e. The predicted molar refractivity (Wildman–Crippen MR) is 110 cm³/mol. The van der Waals surface area contributed by atoms with E-state index in [1.54, 1.807) is 5.48 Å². The van der Waals surface area contributed by atoms with Gasteiger partial charge in [0.25, 0.3) is 5.91 Å². The van der Waals surface area contributed by atoms with Crippen LogP contribution in [-0.2, 0) is 20.8 Å². The Hall–Kier alpha value is -2.98. The number of nitrogens with one attached hydrogen (secondary N) is 3. The second kappa shape index (κ2) is 11.4. The van der Waals surface area contributed by atoms with Crippen LogP contribution in [-0.4, -0.2) is 51.7 Å². The summed E-state index contributed by atoms with van der Waals surface area (Å²) in [5.41, 5.74) is 5.00. The molecule has 1 unspecified atom stereocenters. The summed E-state index contributed by atoms with van der Waals surface area (Å²) >= 11 is 0. The maximum absolute atomic E-state index is 13.0. The molecule has 0 saturated carbocycles. The van der Waals surface area contributed by atoms with Gasteiger partial charge in [0, 0.05) is 0 Å². The van der Waals surface area contributed by atoms with E-state index in [4.69, 9.17) is 5.11 Å². The van der Waals surface area contributed by atoms with Crippen molar-refractivity contribution < 1.29 is 29.5 Å². The minimum absolute atomic E-state index is 0.0344. The van der Waals surface area contributed by atoms with Crippen molar-refractivity contribution in [2.24, 2.45) is 17.8 Å². The molecule has 0 aromatic heterocycles. The molecule has 3 atom stereocenters. The summed E-state index contributed by atoms with van der Waals surface area (Å²) in [5.74, 6) is -3.85. The summed E-state index contributed by atoms with van der Waals surface area (Å²) in [7, 11) is 0. The molecule has 31 heavy (non-hydrogen) atoms. The van der Waals surface area contributed by atoms with Gasteiger partial charge in [0.2, 0.25) is 11.8 Å². The Morgan fingerprint density at radius 1 is 1.13 bits per heavy atom. The summed E-state index contributed by atoms with van der Waals surface area (Å²) in [6.45, 7) is 3.17. The van der Waals surface area contributed by atoms with Gasteiger partial charge in [0.15, 0.2) is 0 Å². The van der Waals surface area contributed by atoms with Crippen LogP contribution in [0.3, 0.4) is 0 Å². The van der Waals surface area contributed by atoms with E-state index in [2.05, 4.69) is 10.7 Å². The number of rotatable bonds is 11. The van der Waals surface area contributed by atoms with Crippen LogP contribution >= 0.6 is 0 Å². The number of benzene rings is 1. The van der Waals surface area contributed by atoms with E-state index in [0.717, 1.165) is 5.56 Å². The molecule has 2 rings (SSSR count). The lowest BCUT2D eigenvalue weighted by molar-refractivity contribution is -0.145. The second-order valence-electron chi connectivity index (χ2n) is 8.03. The molecule has 10 nitrogen and oxygen atoms in total. The lowest BCUT2D eigenvalue weighted by Crippen LogP contribution is -2.51. The zero-order valence-corrected chi connectivity index (χ0v) is 17.7. The molecule has 5 amide bonds. The fourth-order valence-electron chi connectivity index (χ4n) is 3.68. The van der Waals surface area contributed by atoms with Crippen molar-refractivity contribution in [2.45, 2.75) is 45.6 Å².